The summed E-state index contributed by atoms with van der Waals surface area (Å²) in [6.45, 7) is 4.44. The fraction of sp³-hybridized carbons (Fsp3) is 0.533. The van der Waals surface area contributed by atoms with Crippen LogP contribution in [0.3, 0.4) is 0 Å². The van der Waals surface area contributed by atoms with Gasteiger partial charge in [0.05, 0.1) is 24.2 Å². The van der Waals surface area contributed by atoms with Gasteiger partial charge in [0.1, 0.15) is 7.85 Å². The second-order valence-electron chi connectivity index (χ2n) is 11.3. The number of piperidine rings is 1. The van der Waals surface area contributed by atoms with E-state index in [1.54, 1.807) is 0 Å². The van der Waals surface area contributed by atoms with Gasteiger partial charge >= 0.3 is 0 Å². The molecular weight excluding hydrogens is 506 g/mol. The van der Waals surface area contributed by atoms with Crippen molar-refractivity contribution >= 4 is 40.0 Å². The molecule has 1 saturated carbocycles. The van der Waals surface area contributed by atoms with E-state index in [9.17, 15) is 4.79 Å². The maximum Gasteiger partial charge on any atom is 0.257 e. The normalized spacial score (nSPS) is 21.2. The number of carbonyl (C=O) groups excluding carboxylic acids is 1. The number of aliphatic hydroxyl groups excluding tert-OH is 1. The standard InChI is InChI=1S/C30H42BN4O3P/c31-28(39)23-5-4-6-24(18-23)29(37)33-30-32-26-17-22(19-34-13-2-1-3-14-34)9-12-27(26)35(30)25-10-7-21(8-11-25)20-38-16-15-36/h4-6,9,12,17-18,21,25,28,36H,1-3,7-8,10-11,13-16,19-20,31,39H2,(H,32,33,37). The van der Waals surface area contributed by atoms with E-state index in [0.29, 0.717) is 30.6 Å². The second-order valence-corrected chi connectivity index (χ2v) is 12.3. The van der Waals surface area contributed by atoms with E-state index in [1.165, 1.54) is 24.8 Å². The summed E-state index contributed by atoms with van der Waals surface area (Å²) in [5.41, 5.74) is 5.35. The van der Waals surface area contributed by atoms with Gasteiger partial charge in [-0.3, -0.25) is 15.0 Å². The highest BCUT2D eigenvalue weighted by atomic mass is 31.0. The minimum Gasteiger partial charge on any atom is -0.394 e. The number of anilines is 1. The molecule has 2 aromatic carbocycles. The molecule has 5 rings (SSSR count). The maximum absolute atomic E-state index is 13.4. The zero-order valence-electron chi connectivity index (χ0n) is 23.1. The van der Waals surface area contributed by atoms with Crippen molar-refractivity contribution in [1.29, 1.82) is 0 Å². The molecule has 2 atom stereocenters. The summed E-state index contributed by atoms with van der Waals surface area (Å²) in [5, 5.41) is 12.2. The van der Waals surface area contributed by atoms with Crippen LogP contribution in [0.2, 0.25) is 0 Å². The first-order valence-electron chi connectivity index (χ1n) is 14.6. The number of rotatable bonds is 10. The number of carbonyl (C=O) groups is 1. The summed E-state index contributed by atoms with van der Waals surface area (Å²) in [6.07, 6.45) is 8.02. The fourth-order valence-corrected chi connectivity index (χ4v) is 6.30. The molecule has 3 aromatic rings. The van der Waals surface area contributed by atoms with E-state index in [1.807, 2.05) is 18.2 Å². The Morgan fingerprint density at radius 3 is 2.67 bits per heavy atom. The monoisotopic (exact) mass is 548 g/mol. The van der Waals surface area contributed by atoms with Gasteiger partial charge in [-0.1, -0.05) is 24.6 Å². The summed E-state index contributed by atoms with van der Waals surface area (Å²) >= 11 is 0. The third kappa shape index (κ3) is 7.10. The number of fused-ring (bicyclic) bond motifs is 1. The minimum absolute atomic E-state index is 0.0676. The number of likely N-dealkylation sites (tertiary alicyclic amines) is 1. The van der Waals surface area contributed by atoms with Crippen molar-refractivity contribution in [2.45, 2.75) is 63.1 Å². The lowest BCUT2D eigenvalue weighted by molar-refractivity contribution is 0.0539. The summed E-state index contributed by atoms with van der Waals surface area (Å²) in [5.74, 6) is 1.02. The van der Waals surface area contributed by atoms with Crippen molar-refractivity contribution in [3.05, 3.63) is 59.2 Å². The molecule has 1 aliphatic carbocycles. The molecule has 1 amide bonds. The van der Waals surface area contributed by atoms with E-state index in [0.717, 1.165) is 61.9 Å². The Bertz CT molecular complexity index is 1250. The molecule has 2 aliphatic rings. The molecule has 208 valence electrons. The highest BCUT2D eigenvalue weighted by Crippen LogP contribution is 2.37. The largest absolute Gasteiger partial charge is 0.394 e. The van der Waals surface area contributed by atoms with Crippen LogP contribution in [0.5, 0.6) is 0 Å². The third-order valence-corrected chi connectivity index (χ3v) is 8.66. The van der Waals surface area contributed by atoms with E-state index in [4.69, 9.17) is 14.8 Å². The van der Waals surface area contributed by atoms with E-state index in [2.05, 4.69) is 56.1 Å². The van der Waals surface area contributed by atoms with E-state index in [-0.39, 0.29) is 24.1 Å². The molecule has 0 radical (unpaired) electrons. The van der Waals surface area contributed by atoms with Crippen molar-refractivity contribution < 1.29 is 14.6 Å². The van der Waals surface area contributed by atoms with Crippen molar-refractivity contribution in [3.8, 4) is 0 Å². The number of hydrogen-bond acceptors (Lipinski definition) is 5. The number of benzene rings is 2. The van der Waals surface area contributed by atoms with Crippen LogP contribution in [-0.4, -0.2) is 66.2 Å². The Balaban J connectivity index is 1.40. The topological polar surface area (TPSA) is 79.6 Å². The molecule has 39 heavy (non-hydrogen) atoms. The average Bonchev–Trinajstić information content (AvgIpc) is 3.31. The van der Waals surface area contributed by atoms with Gasteiger partial charge in [-0.25, -0.2) is 4.98 Å². The number of aliphatic hydroxyl groups is 1. The maximum atomic E-state index is 13.4. The number of nitrogens with zero attached hydrogens (tertiary/aromatic N) is 3. The Kier molecular flexibility index (Phi) is 9.73. The van der Waals surface area contributed by atoms with Crippen molar-refractivity contribution in [1.82, 2.24) is 14.5 Å². The SMILES string of the molecule is BC(P)c1cccc(C(=O)Nc2nc3cc(CN4CCCCC4)ccc3n2C2CCC(COCCO)CC2)c1. The molecular formula is C30H42BN4O3P. The van der Waals surface area contributed by atoms with Crippen LogP contribution in [0.4, 0.5) is 5.95 Å². The first-order valence-corrected chi connectivity index (χ1v) is 15.3. The zero-order valence-corrected chi connectivity index (χ0v) is 24.3. The predicted octanol–water partition coefficient (Wildman–Crippen LogP) is 4.52. The number of nitrogens with one attached hydrogen (secondary N) is 1. The first-order chi connectivity index (χ1) is 19.0. The third-order valence-electron chi connectivity index (χ3n) is 8.28. The summed E-state index contributed by atoms with van der Waals surface area (Å²) < 4.78 is 7.88. The number of amides is 1. The number of aromatic nitrogens is 2. The lowest BCUT2D eigenvalue weighted by atomic mass is 9.86. The van der Waals surface area contributed by atoms with Gasteiger partial charge in [0.2, 0.25) is 5.95 Å². The predicted molar refractivity (Wildman–Crippen MR) is 163 cm³/mol. The Hall–Kier alpha value is -2.25. The smallest absolute Gasteiger partial charge is 0.257 e. The van der Waals surface area contributed by atoms with Gasteiger partial charge in [0, 0.05) is 24.8 Å². The lowest BCUT2D eigenvalue weighted by Gasteiger charge is -2.30. The quantitative estimate of drug-likeness (QED) is 0.221. The van der Waals surface area contributed by atoms with Gasteiger partial charge in [0.15, 0.2) is 0 Å². The summed E-state index contributed by atoms with van der Waals surface area (Å²) in [6, 6.07) is 14.7. The molecule has 0 bridgehead atoms. The Morgan fingerprint density at radius 1 is 1.13 bits per heavy atom. The molecule has 2 unspecified atom stereocenters. The molecule has 1 aliphatic heterocycles. The first kappa shape index (κ1) is 28.3. The fourth-order valence-electron chi connectivity index (χ4n) is 6.10. The lowest BCUT2D eigenvalue weighted by Crippen LogP contribution is -2.29. The molecule has 0 spiro atoms. The van der Waals surface area contributed by atoms with Crippen molar-refractivity contribution in [2.75, 3.05) is 38.2 Å². The van der Waals surface area contributed by atoms with Gasteiger partial charge in [-0.2, -0.15) is 0 Å². The minimum atomic E-state index is -0.126. The molecule has 7 nitrogen and oxygen atoms in total. The van der Waals surface area contributed by atoms with Crippen LogP contribution in [0.15, 0.2) is 42.5 Å². The van der Waals surface area contributed by atoms with Crippen LogP contribution < -0.4 is 5.32 Å². The van der Waals surface area contributed by atoms with Crippen LogP contribution in [0.1, 0.15) is 78.0 Å². The molecule has 2 N–H and O–H groups in total. The molecule has 2 fully saturated rings. The van der Waals surface area contributed by atoms with Crippen LogP contribution in [-0.2, 0) is 11.3 Å². The average molecular weight is 548 g/mol. The Morgan fingerprint density at radius 2 is 1.92 bits per heavy atom. The molecule has 2 heterocycles. The van der Waals surface area contributed by atoms with Crippen LogP contribution >= 0.6 is 9.24 Å². The van der Waals surface area contributed by atoms with Crippen molar-refractivity contribution in [2.24, 2.45) is 5.92 Å². The Labute approximate surface area is 235 Å². The number of imidazole rings is 1. The number of hydrogen-bond donors (Lipinski definition) is 2. The highest BCUT2D eigenvalue weighted by molar-refractivity contribution is 7.20. The van der Waals surface area contributed by atoms with E-state index >= 15 is 0 Å². The van der Waals surface area contributed by atoms with Crippen LogP contribution in [0, 0.1) is 5.92 Å². The van der Waals surface area contributed by atoms with Gasteiger partial charge < -0.3 is 14.4 Å². The van der Waals surface area contributed by atoms with Crippen LogP contribution in [0.25, 0.3) is 11.0 Å². The van der Waals surface area contributed by atoms with Crippen molar-refractivity contribution in [3.63, 3.8) is 0 Å². The second kappa shape index (κ2) is 13.4. The summed E-state index contributed by atoms with van der Waals surface area (Å²) in [4.78, 5) is 20.9. The summed E-state index contributed by atoms with van der Waals surface area (Å²) in [7, 11) is 4.90. The molecule has 1 saturated heterocycles. The number of ether oxygens (including phenoxy) is 1. The van der Waals surface area contributed by atoms with Gasteiger partial charge in [-0.15, -0.1) is 9.24 Å². The zero-order chi connectivity index (χ0) is 27.2. The van der Waals surface area contributed by atoms with E-state index < -0.39 is 0 Å². The van der Waals surface area contributed by atoms with Gasteiger partial charge in [0.25, 0.3) is 5.91 Å². The molecule has 9 heteroatoms. The van der Waals surface area contributed by atoms with Gasteiger partial charge in [-0.05, 0) is 98.5 Å². The highest BCUT2D eigenvalue weighted by Gasteiger charge is 2.27. The molecule has 1 aromatic heterocycles.